The number of nitrogens with one attached hydrogen (secondary N) is 1. The normalized spacial score (nSPS) is 14.6. The summed E-state index contributed by atoms with van der Waals surface area (Å²) in [5.74, 6) is -0.240. The van der Waals surface area contributed by atoms with Crippen molar-refractivity contribution in [2.45, 2.75) is 212 Å². The molecule has 0 fully saturated rings. The van der Waals surface area contributed by atoms with Crippen molar-refractivity contribution < 1.29 is 32.9 Å². The minimum Gasteiger partial charge on any atom is -0.387 e. The molecule has 0 saturated carbocycles. The number of carbonyl (C=O) groups is 1. The van der Waals surface area contributed by atoms with Crippen LogP contribution in [0.15, 0.2) is 24.3 Å². The molecule has 0 aliphatic carbocycles. The quantitative estimate of drug-likeness (QED) is 0.0248. The first-order chi connectivity index (χ1) is 25.5. The van der Waals surface area contributed by atoms with Crippen LogP contribution >= 0.6 is 7.82 Å². The van der Waals surface area contributed by atoms with Crippen LogP contribution in [-0.4, -0.2) is 73.4 Å². The fourth-order valence-electron chi connectivity index (χ4n) is 6.40. The van der Waals surface area contributed by atoms with Crippen LogP contribution < -0.4 is 5.32 Å². The molecule has 3 unspecified atom stereocenters. The molecule has 3 N–H and O–H groups in total. The van der Waals surface area contributed by atoms with Gasteiger partial charge < -0.3 is 19.8 Å². The largest absolute Gasteiger partial charge is 0.472 e. The maximum absolute atomic E-state index is 12.3. The Hall–Kier alpha value is -1.02. The van der Waals surface area contributed by atoms with Crippen LogP contribution in [-0.2, 0) is 18.4 Å². The first-order valence-electron chi connectivity index (χ1n) is 22.2. The summed E-state index contributed by atoms with van der Waals surface area (Å²) in [6.45, 7) is 4.44. The number of phosphoric acid groups is 1. The number of rotatable bonds is 40. The van der Waals surface area contributed by atoms with Gasteiger partial charge in [-0.3, -0.25) is 13.8 Å². The third-order valence-corrected chi connectivity index (χ3v) is 10.9. The molecular weight excluding hydrogens is 683 g/mol. The Morgan fingerprint density at radius 3 is 1.47 bits per heavy atom. The summed E-state index contributed by atoms with van der Waals surface area (Å²) < 4.78 is 23.1. The van der Waals surface area contributed by atoms with E-state index >= 15 is 0 Å². The fraction of sp³-hybridized carbons (Fsp3) is 0.886. The molecular formula is C44H88N2O6P+. The molecule has 3 atom stereocenters. The predicted molar refractivity (Wildman–Crippen MR) is 226 cm³/mol. The second-order valence-electron chi connectivity index (χ2n) is 16.4. The van der Waals surface area contributed by atoms with Gasteiger partial charge in [-0.05, 0) is 32.1 Å². The Bertz CT molecular complexity index is 922. The lowest BCUT2D eigenvalue weighted by molar-refractivity contribution is -0.870. The zero-order valence-corrected chi connectivity index (χ0v) is 36.4. The molecule has 314 valence electrons. The highest BCUT2D eigenvalue weighted by Gasteiger charge is 2.27. The lowest BCUT2D eigenvalue weighted by Gasteiger charge is -2.25. The Kier molecular flexibility index (Phi) is 35.9. The summed E-state index contributed by atoms with van der Waals surface area (Å²) in [5.41, 5.74) is 0. The number of allylic oxidation sites excluding steroid dienone is 3. The van der Waals surface area contributed by atoms with E-state index < -0.39 is 20.0 Å². The molecule has 8 nitrogen and oxygen atoms in total. The molecule has 0 aromatic carbocycles. The Morgan fingerprint density at radius 1 is 0.623 bits per heavy atom. The monoisotopic (exact) mass is 772 g/mol. The van der Waals surface area contributed by atoms with E-state index in [0.717, 1.165) is 19.3 Å². The van der Waals surface area contributed by atoms with Gasteiger partial charge in [-0.15, -0.1) is 0 Å². The number of nitrogens with zero attached hydrogens (tertiary/aromatic N) is 1. The average Bonchev–Trinajstić information content (AvgIpc) is 3.10. The molecule has 9 heteroatoms. The van der Waals surface area contributed by atoms with Gasteiger partial charge in [0.1, 0.15) is 13.2 Å². The van der Waals surface area contributed by atoms with E-state index in [0.29, 0.717) is 23.9 Å². The molecule has 0 heterocycles. The molecule has 1 amide bonds. The molecule has 0 saturated heterocycles. The Morgan fingerprint density at radius 2 is 1.04 bits per heavy atom. The van der Waals surface area contributed by atoms with Crippen LogP contribution in [0.3, 0.4) is 0 Å². The van der Waals surface area contributed by atoms with Gasteiger partial charge in [0, 0.05) is 6.42 Å². The zero-order chi connectivity index (χ0) is 39.3. The highest BCUT2D eigenvalue weighted by Crippen LogP contribution is 2.43. The van der Waals surface area contributed by atoms with Gasteiger partial charge in [0.05, 0.1) is 39.9 Å². The Balaban J connectivity index is 3.79. The Labute approximate surface area is 328 Å². The molecule has 0 radical (unpaired) electrons. The van der Waals surface area contributed by atoms with Crippen molar-refractivity contribution in [3.63, 3.8) is 0 Å². The molecule has 0 bridgehead atoms. The summed E-state index contributed by atoms with van der Waals surface area (Å²) in [7, 11) is 1.55. The summed E-state index contributed by atoms with van der Waals surface area (Å²) >= 11 is 0. The van der Waals surface area contributed by atoms with Gasteiger partial charge in [-0.1, -0.05) is 186 Å². The second kappa shape index (κ2) is 36.6. The molecule has 0 aliphatic rings. The number of aliphatic hydroxyl groups excluding tert-OH is 1. The summed E-state index contributed by atoms with van der Waals surface area (Å²) in [6, 6.07) is -0.855. The van der Waals surface area contributed by atoms with Crippen LogP contribution in [0.25, 0.3) is 0 Å². The van der Waals surface area contributed by atoms with Crippen LogP contribution in [0.5, 0.6) is 0 Å². The second-order valence-corrected chi connectivity index (χ2v) is 17.9. The van der Waals surface area contributed by atoms with Crippen molar-refractivity contribution in [1.29, 1.82) is 0 Å². The number of likely N-dealkylation sites (N-methyl/N-ethyl adjacent to an activating group) is 1. The molecule has 0 aromatic rings. The van der Waals surface area contributed by atoms with E-state index in [-0.39, 0.29) is 19.1 Å². The van der Waals surface area contributed by atoms with E-state index in [2.05, 4.69) is 24.4 Å². The third-order valence-electron chi connectivity index (χ3n) is 9.89. The summed E-state index contributed by atoms with van der Waals surface area (Å²) in [4.78, 5) is 22.3. The van der Waals surface area contributed by atoms with Crippen LogP contribution in [0.1, 0.15) is 200 Å². The van der Waals surface area contributed by atoms with Gasteiger partial charge >= 0.3 is 7.82 Å². The maximum Gasteiger partial charge on any atom is 0.472 e. The van der Waals surface area contributed by atoms with Crippen molar-refractivity contribution in [3.8, 4) is 0 Å². The number of phosphoric ester groups is 1. The van der Waals surface area contributed by atoms with Crippen molar-refractivity contribution >= 4 is 13.7 Å². The number of hydrogen-bond donors (Lipinski definition) is 3. The predicted octanol–water partition coefficient (Wildman–Crippen LogP) is 12.1. The van der Waals surface area contributed by atoms with E-state index in [1.165, 1.54) is 154 Å². The zero-order valence-electron chi connectivity index (χ0n) is 35.5. The van der Waals surface area contributed by atoms with E-state index in [1.807, 2.05) is 34.1 Å². The summed E-state index contributed by atoms with van der Waals surface area (Å²) in [6.07, 6.45) is 44.5. The van der Waals surface area contributed by atoms with E-state index in [1.54, 1.807) is 6.08 Å². The van der Waals surface area contributed by atoms with Crippen LogP contribution in [0.4, 0.5) is 0 Å². The van der Waals surface area contributed by atoms with Crippen molar-refractivity contribution in [2.24, 2.45) is 0 Å². The molecule has 0 aliphatic heterocycles. The van der Waals surface area contributed by atoms with Crippen molar-refractivity contribution in [2.75, 3.05) is 40.9 Å². The standard InChI is InChI=1S/C44H87N2O6P/c1-6-8-9-10-11-12-13-14-15-16-17-18-19-20-21-22-23-24-25-26-27-28-29-30-31-32-33-34-35-36-38-43(47)42(45-44(48)37-7-2)41-52-53(49,50)51-40-39-46(3,4)5/h32-33,36,38,42-43,47H,6-31,34-35,37,39-41H2,1-5H3,(H-,45,48,49,50)/p+1/b33-32+,38-36+. The minimum absolute atomic E-state index is 0.0553. The van der Waals surface area contributed by atoms with Gasteiger partial charge in [0.15, 0.2) is 0 Å². The van der Waals surface area contributed by atoms with Crippen LogP contribution in [0.2, 0.25) is 0 Å². The smallest absolute Gasteiger partial charge is 0.387 e. The highest BCUT2D eigenvalue weighted by molar-refractivity contribution is 7.47. The first-order valence-corrected chi connectivity index (χ1v) is 23.7. The van der Waals surface area contributed by atoms with E-state index in [9.17, 15) is 19.4 Å². The SMILES string of the molecule is CCCCCCCCCCCCCCCCCCCCCCCCCC/C=C/CC/C=C/C(O)C(COP(=O)(O)OCC[N+](C)(C)C)NC(=O)CCC. The number of quaternary nitrogens is 1. The molecule has 0 rings (SSSR count). The number of carbonyl (C=O) groups excluding carboxylic acids is 1. The lowest BCUT2D eigenvalue weighted by atomic mass is 10.0. The number of amides is 1. The lowest BCUT2D eigenvalue weighted by Crippen LogP contribution is -2.45. The molecule has 0 spiro atoms. The fourth-order valence-corrected chi connectivity index (χ4v) is 7.13. The van der Waals surface area contributed by atoms with E-state index in [4.69, 9.17) is 9.05 Å². The molecule has 0 aromatic heterocycles. The minimum atomic E-state index is -4.31. The van der Waals surface area contributed by atoms with Gasteiger partial charge in [0.2, 0.25) is 5.91 Å². The third kappa shape index (κ3) is 39.0. The average molecular weight is 772 g/mol. The van der Waals surface area contributed by atoms with Gasteiger partial charge in [-0.2, -0.15) is 0 Å². The summed E-state index contributed by atoms with van der Waals surface area (Å²) in [5, 5.41) is 13.4. The van der Waals surface area contributed by atoms with Gasteiger partial charge in [0.25, 0.3) is 0 Å². The first kappa shape index (κ1) is 52.0. The number of hydrogen-bond acceptors (Lipinski definition) is 5. The van der Waals surface area contributed by atoms with Crippen LogP contribution in [0, 0.1) is 0 Å². The van der Waals surface area contributed by atoms with Gasteiger partial charge in [-0.25, -0.2) is 4.57 Å². The molecule has 53 heavy (non-hydrogen) atoms. The van der Waals surface area contributed by atoms with Crippen molar-refractivity contribution in [1.82, 2.24) is 5.32 Å². The number of aliphatic hydroxyl groups is 1. The number of unbranched alkanes of at least 4 members (excludes halogenated alkanes) is 25. The maximum atomic E-state index is 12.3. The highest BCUT2D eigenvalue weighted by atomic mass is 31.2. The van der Waals surface area contributed by atoms with Crippen molar-refractivity contribution in [3.05, 3.63) is 24.3 Å². The topological polar surface area (TPSA) is 105 Å².